The van der Waals surface area contributed by atoms with E-state index in [0.29, 0.717) is 12.8 Å². The second-order valence-corrected chi connectivity index (χ2v) is 14.0. The van der Waals surface area contributed by atoms with Crippen LogP contribution < -0.4 is 0 Å². The first-order chi connectivity index (χ1) is 16.0. The Labute approximate surface area is 209 Å². The molecule has 1 heterocycles. The lowest BCUT2D eigenvalue weighted by Crippen LogP contribution is -2.46. The van der Waals surface area contributed by atoms with Crippen molar-refractivity contribution in [2.24, 2.45) is 17.3 Å². The van der Waals surface area contributed by atoms with E-state index >= 15 is 0 Å². The molecular formula is C27H50O6Si. The Morgan fingerprint density at radius 3 is 2.53 bits per heavy atom. The van der Waals surface area contributed by atoms with Crippen LogP contribution in [0.3, 0.4) is 0 Å². The smallest absolute Gasteiger partial charge is 0.306 e. The van der Waals surface area contributed by atoms with Crippen molar-refractivity contribution >= 4 is 15.0 Å². The van der Waals surface area contributed by atoms with Gasteiger partial charge in [-0.05, 0) is 76.8 Å². The van der Waals surface area contributed by atoms with Crippen LogP contribution in [0.1, 0.15) is 86.0 Å². The van der Waals surface area contributed by atoms with E-state index in [4.69, 9.17) is 18.6 Å². The van der Waals surface area contributed by atoms with Gasteiger partial charge >= 0.3 is 5.97 Å². The molecule has 6 nitrogen and oxygen atoms in total. The first-order valence-corrected chi connectivity index (χ1v) is 16.2. The van der Waals surface area contributed by atoms with Crippen molar-refractivity contribution < 1.29 is 28.5 Å². The highest BCUT2D eigenvalue weighted by Crippen LogP contribution is 2.46. The maximum Gasteiger partial charge on any atom is 0.306 e. The summed E-state index contributed by atoms with van der Waals surface area (Å²) in [5, 5.41) is 11.1. The van der Waals surface area contributed by atoms with Crippen LogP contribution in [0.2, 0.25) is 13.1 Å². The normalized spacial score (nSPS) is 29.3. The van der Waals surface area contributed by atoms with E-state index in [1.807, 2.05) is 13.8 Å². The first-order valence-electron chi connectivity index (χ1n) is 13.4. The number of aliphatic hydroxyl groups excluding tert-OH is 1. The fourth-order valence-corrected chi connectivity index (χ4v) is 6.39. The molecule has 34 heavy (non-hydrogen) atoms. The number of hydrogen-bond donors (Lipinski definition) is 1. The summed E-state index contributed by atoms with van der Waals surface area (Å²) >= 11 is 0. The number of esters is 1. The van der Waals surface area contributed by atoms with Gasteiger partial charge in [-0.15, -0.1) is 0 Å². The molecule has 2 rings (SSSR count). The minimum Gasteiger partial charge on any atom is -0.463 e. The second kappa shape index (κ2) is 14.1. The summed E-state index contributed by atoms with van der Waals surface area (Å²) in [5.74, 6) is 0.0523. The van der Waals surface area contributed by atoms with Crippen molar-refractivity contribution in [3.8, 4) is 0 Å². The number of carbonyl (C=O) groups excluding carboxylic acids is 1. The fourth-order valence-electron chi connectivity index (χ4n) is 5.22. The Kier molecular flexibility index (Phi) is 12.2. The SMILES string of the molecule is CC(C)OC(=O)CCCC=CC[C@@H]1[C@@H](C(O[SiH](C)C)C(C)(C)C)[C@H](OC2CCCCO2)C[C@@H]1O. The van der Waals surface area contributed by atoms with E-state index in [9.17, 15) is 9.90 Å². The molecule has 0 bridgehead atoms. The summed E-state index contributed by atoms with van der Waals surface area (Å²) < 4.78 is 24.2. The first kappa shape index (κ1) is 29.5. The lowest BCUT2D eigenvalue weighted by Gasteiger charge is -2.42. The number of carbonyl (C=O) groups is 1. The van der Waals surface area contributed by atoms with E-state index in [1.165, 1.54) is 0 Å². The molecule has 6 atom stereocenters. The third kappa shape index (κ3) is 9.73. The molecule has 2 fully saturated rings. The van der Waals surface area contributed by atoms with Gasteiger partial charge in [0.25, 0.3) is 0 Å². The van der Waals surface area contributed by atoms with Gasteiger partial charge in [0.2, 0.25) is 0 Å². The van der Waals surface area contributed by atoms with Crippen molar-refractivity contribution in [2.45, 2.75) is 130 Å². The summed E-state index contributed by atoms with van der Waals surface area (Å²) in [5.41, 5.74) is -0.0558. The Balaban J connectivity index is 2.06. The van der Waals surface area contributed by atoms with Crippen molar-refractivity contribution in [2.75, 3.05) is 6.61 Å². The molecule has 7 heteroatoms. The zero-order valence-corrected chi connectivity index (χ0v) is 23.8. The van der Waals surface area contributed by atoms with Crippen LogP contribution in [0.4, 0.5) is 0 Å². The van der Waals surface area contributed by atoms with E-state index in [2.05, 4.69) is 46.0 Å². The number of rotatable bonds is 12. The minimum atomic E-state index is -1.30. The zero-order chi connectivity index (χ0) is 25.3. The van der Waals surface area contributed by atoms with Gasteiger partial charge in [-0.25, -0.2) is 0 Å². The summed E-state index contributed by atoms with van der Waals surface area (Å²) in [7, 11) is -1.30. The molecule has 0 aromatic rings. The summed E-state index contributed by atoms with van der Waals surface area (Å²) in [4.78, 5) is 11.7. The van der Waals surface area contributed by atoms with E-state index in [-0.39, 0.29) is 47.8 Å². The van der Waals surface area contributed by atoms with E-state index in [1.54, 1.807) is 0 Å². The van der Waals surface area contributed by atoms with Crippen molar-refractivity contribution in [3.63, 3.8) is 0 Å². The number of hydrogen-bond acceptors (Lipinski definition) is 6. The summed E-state index contributed by atoms with van der Waals surface area (Å²) in [6.07, 6.45) is 10.2. The Hall–Kier alpha value is -0.733. The molecular weight excluding hydrogens is 448 g/mol. The van der Waals surface area contributed by atoms with Crippen LogP contribution in [0.15, 0.2) is 12.2 Å². The van der Waals surface area contributed by atoms with Gasteiger partial charge < -0.3 is 23.7 Å². The maximum absolute atomic E-state index is 11.7. The molecule has 1 N–H and O–H groups in total. The Bertz CT molecular complexity index is 623. The zero-order valence-electron chi connectivity index (χ0n) is 22.6. The average Bonchev–Trinajstić information content (AvgIpc) is 3.02. The number of unbranched alkanes of at least 4 members (excludes halogenated alkanes) is 1. The largest absolute Gasteiger partial charge is 0.463 e. The molecule has 198 valence electrons. The standard InChI is InChI=1S/C27H50O6Si/c1-19(2)31-23(29)15-11-9-8-10-14-20-21(28)18-22(32-24-16-12-13-17-30-24)25(20)26(27(3,4)5)33-34(6)7/h8,10,19-22,24-26,28,34H,9,11-18H2,1-7H3/t20-,21-,22+,24?,25+,26?/m0/s1. The van der Waals surface area contributed by atoms with E-state index < -0.39 is 15.1 Å². The van der Waals surface area contributed by atoms with Crippen LogP contribution in [-0.2, 0) is 23.4 Å². The van der Waals surface area contributed by atoms with Gasteiger partial charge in [-0.3, -0.25) is 4.79 Å². The molecule has 1 saturated carbocycles. The summed E-state index contributed by atoms with van der Waals surface area (Å²) in [6.45, 7) is 15.6. The van der Waals surface area contributed by atoms with Crippen LogP contribution in [0.5, 0.6) is 0 Å². The van der Waals surface area contributed by atoms with Crippen molar-refractivity contribution in [1.82, 2.24) is 0 Å². The highest BCUT2D eigenvalue weighted by Gasteiger charge is 2.50. The number of aliphatic hydroxyl groups is 1. The molecule has 2 aliphatic rings. The molecule has 0 radical (unpaired) electrons. The third-order valence-electron chi connectivity index (χ3n) is 6.67. The van der Waals surface area contributed by atoms with Crippen LogP contribution in [-0.4, -0.2) is 57.4 Å². The maximum atomic E-state index is 11.7. The fraction of sp³-hybridized carbons (Fsp3) is 0.889. The van der Waals surface area contributed by atoms with Gasteiger partial charge in [-0.2, -0.15) is 0 Å². The van der Waals surface area contributed by atoms with Gasteiger partial charge in [0.1, 0.15) is 0 Å². The van der Waals surface area contributed by atoms with Crippen LogP contribution in [0, 0.1) is 17.3 Å². The average molecular weight is 499 g/mol. The quantitative estimate of drug-likeness (QED) is 0.169. The van der Waals surface area contributed by atoms with E-state index in [0.717, 1.165) is 45.1 Å². The number of ether oxygens (including phenoxy) is 3. The Morgan fingerprint density at radius 1 is 1.21 bits per heavy atom. The minimum absolute atomic E-state index is 0.0223. The molecule has 1 aliphatic heterocycles. The topological polar surface area (TPSA) is 74.2 Å². The van der Waals surface area contributed by atoms with Crippen LogP contribution >= 0.6 is 0 Å². The van der Waals surface area contributed by atoms with Gasteiger partial charge in [0, 0.05) is 25.4 Å². The van der Waals surface area contributed by atoms with Crippen molar-refractivity contribution in [1.29, 1.82) is 0 Å². The molecule has 0 aromatic carbocycles. The highest BCUT2D eigenvalue weighted by atomic mass is 28.3. The highest BCUT2D eigenvalue weighted by molar-refractivity contribution is 6.48. The monoisotopic (exact) mass is 498 g/mol. The lowest BCUT2D eigenvalue weighted by atomic mass is 9.75. The molecule has 1 saturated heterocycles. The van der Waals surface area contributed by atoms with Gasteiger partial charge in [0.15, 0.2) is 15.3 Å². The molecule has 2 unspecified atom stereocenters. The molecule has 1 aliphatic carbocycles. The lowest BCUT2D eigenvalue weighted by molar-refractivity contribution is -0.205. The number of allylic oxidation sites excluding steroid dienone is 2. The van der Waals surface area contributed by atoms with Gasteiger partial charge in [0.05, 0.1) is 24.4 Å². The second-order valence-electron chi connectivity index (χ2n) is 11.6. The molecule has 0 aromatic heterocycles. The summed E-state index contributed by atoms with van der Waals surface area (Å²) in [6, 6.07) is 0. The Morgan fingerprint density at radius 2 is 1.94 bits per heavy atom. The third-order valence-corrected chi connectivity index (χ3v) is 7.51. The van der Waals surface area contributed by atoms with Crippen molar-refractivity contribution in [3.05, 3.63) is 12.2 Å². The predicted octanol–water partition coefficient (Wildman–Crippen LogP) is 5.38. The molecule has 0 spiro atoms. The molecule has 0 amide bonds. The predicted molar refractivity (Wildman–Crippen MR) is 138 cm³/mol. The van der Waals surface area contributed by atoms with Gasteiger partial charge in [-0.1, -0.05) is 32.9 Å². The van der Waals surface area contributed by atoms with Crippen LogP contribution in [0.25, 0.3) is 0 Å².